The van der Waals surface area contributed by atoms with Gasteiger partial charge in [-0.3, -0.25) is 4.79 Å². The molecule has 2 heterocycles. The van der Waals surface area contributed by atoms with E-state index in [0.29, 0.717) is 10.3 Å². The lowest BCUT2D eigenvalue weighted by molar-refractivity contribution is 0.0970. The van der Waals surface area contributed by atoms with Crippen LogP contribution in [0.15, 0.2) is 47.1 Å². The molecule has 1 aliphatic rings. The summed E-state index contributed by atoms with van der Waals surface area (Å²) < 4.78 is 0.682. The Bertz CT molecular complexity index is 656. The van der Waals surface area contributed by atoms with E-state index in [4.69, 9.17) is 0 Å². The molecule has 0 radical (unpaired) electrons. The number of carbonyl (C=O) groups excluding carboxylic acids is 1. The molecule has 0 saturated heterocycles. The highest BCUT2D eigenvalue weighted by Crippen LogP contribution is 2.31. The van der Waals surface area contributed by atoms with Crippen molar-refractivity contribution in [3.63, 3.8) is 0 Å². The Kier molecular flexibility index (Phi) is 3.57. The monoisotopic (exact) mass is 330 g/mol. The van der Waals surface area contributed by atoms with Crippen LogP contribution in [0.3, 0.4) is 0 Å². The second-order valence-corrected chi connectivity index (χ2v) is 5.85. The van der Waals surface area contributed by atoms with Crippen molar-refractivity contribution in [1.82, 2.24) is 4.98 Å². The number of aryl methyl sites for hydroxylation is 1. The standard InChI is InChI=1S/C16H15BrN2O/c1-11-9-10-12-5-2-3-7-14(12)19(11)16(20)13-6-4-8-15(17)18-13/h2-8,11H,9-10H2,1H3. The van der Waals surface area contributed by atoms with Crippen molar-refractivity contribution in [2.45, 2.75) is 25.8 Å². The SMILES string of the molecule is CC1CCc2ccccc2N1C(=O)c1cccc(Br)n1. The number of para-hydroxylation sites is 1. The minimum atomic E-state index is -0.0362. The van der Waals surface area contributed by atoms with E-state index in [0.717, 1.165) is 18.5 Å². The molecule has 1 aromatic heterocycles. The first-order valence-electron chi connectivity index (χ1n) is 6.71. The number of anilines is 1. The number of amides is 1. The predicted octanol–water partition coefficient (Wildman–Crippen LogP) is 3.83. The summed E-state index contributed by atoms with van der Waals surface area (Å²) in [6.45, 7) is 2.09. The molecule has 1 aliphatic heterocycles. The first-order valence-corrected chi connectivity index (χ1v) is 7.50. The molecular weight excluding hydrogens is 316 g/mol. The van der Waals surface area contributed by atoms with E-state index < -0.39 is 0 Å². The summed E-state index contributed by atoms with van der Waals surface area (Å²) in [6.07, 6.45) is 2.00. The van der Waals surface area contributed by atoms with Gasteiger partial charge in [-0.05, 0) is 59.5 Å². The van der Waals surface area contributed by atoms with Crippen molar-refractivity contribution in [2.75, 3.05) is 4.90 Å². The van der Waals surface area contributed by atoms with Crippen molar-refractivity contribution in [3.8, 4) is 0 Å². The zero-order chi connectivity index (χ0) is 14.1. The van der Waals surface area contributed by atoms with Crippen molar-refractivity contribution in [2.24, 2.45) is 0 Å². The number of nitrogens with zero attached hydrogens (tertiary/aromatic N) is 2. The molecule has 1 unspecified atom stereocenters. The lowest BCUT2D eigenvalue weighted by atomic mass is 9.96. The van der Waals surface area contributed by atoms with Gasteiger partial charge in [0.1, 0.15) is 10.3 Å². The molecule has 0 bridgehead atoms. The number of hydrogen-bond acceptors (Lipinski definition) is 2. The molecule has 1 atom stereocenters. The summed E-state index contributed by atoms with van der Waals surface area (Å²) in [5.74, 6) is -0.0362. The van der Waals surface area contributed by atoms with E-state index in [1.54, 1.807) is 6.07 Å². The van der Waals surface area contributed by atoms with E-state index in [2.05, 4.69) is 33.9 Å². The number of rotatable bonds is 1. The quantitative estimate of drug-likeness (QED) is 0.744. The maximum absolute atomic E-state index is 12.8. The van der Waals surface area contributed by atoms with Gasteiger partial charge in [0, 0.05) is 11.7 Å². The second kappa shape index (κ2) is 5.37. The highest BCUT2D eigenvalue weighted by atomic mass is 79.9. The van der Waals surface area contributed by atoms with E-state index >= 15 is 0 Å². The molecule has 4 heteroatoms. The van der Waals surface area contributed by atoms with Gasteiger partial charge in [0.25, 0.3) is 5.91 Å². The third-order valence-electron chi connectivity index (χ3n) is 3.68. The van der Waals surface area contributed by atoms with E-state index in [9.17, 15) is 4.79 Å². The fourth-order valence-corrected chi connectivity index (χ4v) is 2.99. The molecule has 102 valence electrons. The van der Waals surface area contributed by atoms with Crippen LogP contribution in [0.1, 0.15) is 29.4 Å². The summed E-state index contributed by atoms with van der Waals surface area (Å²) in [5.41, 5.74) is 2.72. The Labute approximate surface area is 126 Å². The van der Waals surface area contributed by atoms with Gasteiger partial charge in [0.2, 0.25) is 0 Å². The fraction of sp³-hybridized carbons (Fsp3) is 0.250. The van der Waals surface area contributed by atoms with Gasteiger partial charge >= 0.3 is 0 Å². The van der Waals surface area contributed by atoms with Gasteiger partial charge in [0.05, 0.1) is 0 Å². The number of benzene rings is 1. The van der Waals surface area contributed by atoms with Crippen LogP contribution >= 0.6 is 15.9 Å². The number of carbonyl (C=O) groups is 1. The normalized spacial score (nSPS) is 17.7. The molecular formula is C16H15BrN2O. The number of pyridine rings is 1. The molecule has 3 nitrogen and oxygen atoms in total. The van der Waals surface area contributed by atoms with Crippen LogP contribution < -0.4 is 4.90 Å². The van der Waals surface area contributed by atoms with Crippen molar-refractivity contribution < 1.29 is 4.79 Å². The van der Waals surface area contributed by atoms with Crippen molar-refractivity contribution in [3.05, 3.63) is 58.3 Å². The first-order chi connectivity index (χ1) is 9.66. The summed E-state index contributed by atoms with van der Waals surface area (Å²) in [5, 5.41) is 0. The molecule has 0 N–H and O–H groups in total. The molecule has 3 rings (SSSR count). The van der Waals surface area contributed by atoms with E-state index in [1.807, 2.05) is 35.2 Å². The molecule has 1 amide bonds. The number of fused-ring (bicyclic) bond motifs is 1. The topological polar surface area (TPSA) is 33.2 Å². The molecule has 0 saturated carbocycles. The summed E-state index contributed by atoms with van der Waals surface area (Å²) in [4.78, 5) is 18.9. The van der Waals surface area contributed by atoms with Crippen LogP contribution in [-0.4, -0.2) is 16.9 Å². The fourth-order valence-electron chi connectivity index (χ4n) is 2.65. The van der Waals surface area contributed by atoms with Gasteiger partial charge < -0.3 is 4.90 Å². The lowest BCUT2D eigenvalue weighted by Crippen LogP contribution is -2.42. The average molecular weight is 331 g/mol. The largest absolute Gasteiger partial charge is 0.304 e. The average Bonchev–Trinajstić information content (AvgIpc) is 2.46. The van der Waals surface area contributed by atoms with Gasteiger partial charge in [-0.1, -0.05) is 24.3 Å². The van der Waals surface area contributed by atoms with Gasteiger partial charge in [-0.25, -0.2) is 4.98 Å². The Balaban J connectivity index is 2.03. The second-order valence-electron chi connectivity index (χ2n) is 5.04. The van der Waals surface area contributed by atoms with Crippen molar-refractivity contribution in [1.29, 1.82) is 0 Å². The van der Waals surface area contributed by atoms with Gasteiger partial charge in [-0.2, -0.15) is 0 Å². The zero-order valence-electron chi connectivity index (χ0n) is 11.2. The highest BCUT2D eigenvalue weighted by Gasteiger charge is 2.29. The third kappa shape index (κ3) is 2.36. The molecule has 20 heavy (non-hydrogen) atoms. The van der Waals surface area contributed by atoms with Crippen LogP contribution in [0.5, 0.6) is 0 Å². The molecule has 1 aromatic carbocycles. The molecule has 0 spiro atoms. The van der Waals surface area contributed by atoms with Gasteiger partial charge in [0.15, 0.2) is 0 Å². The number of halogens is 1. The summed E-state index contributed by atoms with van der Waals surface area (Å²) >= 11 is 3.32. The third-order valence-corrected chi connectivity index (χ3v) is 4.12. The van der Waals surface area contributed by atoms with Crippen LogP contribution in [0, 0.1) is 0 Å². The molecule has 0 fully saturated rings. The minimum Gasteiger partial charge on any atom is -0.304 e. The predicted molar refractivity (Wildman–Crippen MR) is 83.0 cm³/mol. The van der Waals surface area contributed by atoms with Crippen molar-refractivity contribution >= 4 is 27.5 Å². The minimum absolute atomic E-state index is 0.0362. The molecule has 2 aromatic rings. The smallest absolute Gasteiger partial charge is 0.277 e. The van der Waals surface area contributed by atoms with Gasteiger partial charge in [-0.15, -0.1) is 0 Å². The lowest BCUT2D eigenvalue weighted by Gasteiger charge is -2.35. The van der Waals surface area contributed by atoms with Crippen LogP contribution in [0.4, 0.5) is 5.69 Å². The van der Waals surface area contributed by atoms with Crippen LogP contribution in [0.25, 0.3) is 0 Å². The number of aromatic nitrogens is 1. The van der Waals surface area contributed by atoms with Crippen LogP contribution in [0.2, 0.25) is 0 Å². The summed E-state index contributed by atoms with van der Waals surface area (Å²) in [7, 11) is 0. The molecule has 0 aliphatic carbocycles. The highest BCUT2D eigenvalue weighted by molar-refractivity contribution is 9.10. The Morgan fingerprint density at radius 3 is 2.85 bits per heavy atom. The zero-order valence-corrected chi connectivity index (χ0v) is 12.8. The maximum Gasteiger partial charge on any atom is 0.277 e. The number of hydrogen-bond donors (Lipinski definition) is 0. The maximum atomic E-state index is 12.8. The van der Waals surface area contributed by atoms with E-state index in [1.165, 1.54) is 5.56 Å². The van der Waals surface area contributed by atoms with E-state index in [-0.39, 0.29) is 11.9 Å². The van der Waals surface area contributed by atoms with Crippen LogP contribution in [-0.2, 0) is 6.42 Å². The Morgan fingerprint density at radius 2 is 2.05 bits per heavy atom. The summed E-state index contributed by atoms with van der Waals surface area (Å²) in [6, 6.07) is 13.7. The Morgan fingerprint density at radius 1 is 1.25 bits per heavy atom. The first kappa shape index (κ1) is 13.3. The Hall–Kier alpha value is -1.68.